The lowest BCUT2D eigenvalue weighted by Gasteiger charge is -2.04. The van der Waals surface area contributed by atoms with Crippen molar-refractivity contribution in [3.63, 3.8) is 0 Å². The molecule has 0 saturated heterocycles. The van der Waals surface area contributed by atoms with E-state index in [1.807, 2.05) is 0 Å². The van der Waals surface area contributed by atoms with E-state index in [-0.39, 0.29) is 17.1 Å². The molecule has 0 fully saturated rings. The second-order valence-corrected chi connectivity index (χ2v) is 3.98. The van der Waals surface area contributed by atoms with Crippen LogP contribution in [0.2, 0.25) is 0 Å². The molecule has 0 aliphatic carbocycles. The average Bonchev–Trinajstić information content (AvgIpc) is 2.40. The van der Waals surface area contributed by atoms with Crippen LogP contribution in [0.15, 0.2) is 48.5 Å². The van der Waals surface area contributed by atoms with Crippen LogP contribution in [0.25, 0.3) is 11.6 Å². The lowest BCUT2D eigenvalue weighted by atomic mass is 10.0. The molecule has 0 atom stereocenters. The first-order valence-electron chi connectivity index (χ1n) is 5.60. The third-order valence-electron chi connectivity index (χ3n) is 2.63. The lowest BCUT2D eigenvalue weighted by Crippen LogP contribution is -1.99. The molecule has 0 spiro atoms. The molecule has 0 heterocycles. The lowest BCUT2D eigenvalue weighted by molar-refractivity contribution is -0.130. The normalized spacial score (nSPS) is 11.3. The van der Waals surface area contributed by atoms with Gasteiger partial charge in [-0.25, -0.2) is 4.79 Å². The topological polar surface area (TPSA) is 77.8 Å². The highest BCUT2D eigenvalue weighted by atomic mass is 16.4. The van der Waals surface area contributed by atoms with Crippen LogP contribution in [0.5, 0.6) is 11.5 Å². The number of aromatic hydroxyl groups is 2. The van der Waals surface area contributed by atoms with Gasteiger partial charge in [0.25, 0.3) is 0 Å². The summed E-state index contributed by atoms with van der Waals surface area (Å²) in [5, 5.41) is 27.8. The van der Waals surface area contributed by atoms with Crippen LogP contribution in [0.3, 0.4) is 0 Å². The van der Waals surface area contributed by atoms with E-state index in [0.29, 0.717) is 11.1 Å². The summed E-state index contributed by atoms with van der Waals surface area (Å²) in [5.41, 5.74) is 1.19. The van der Waals surface area contributed by atoms with E-state index in [2.05, 4.69) is 0 Å². The molecule has 0 amide bonds. The zero-order valence-electron chi connectivity index (χ0n) is 9.95. The molecule has 0 bridgehead atoms. The van der Waals surface area contributed by atoms with Crippen molar-refractivity contribution in [3.05, 3.63) is 59.7 Å². The Morgan fingerprint density at radius 1 is 0.947 bits per heavy atom. The number of carboxylic acids is 1. The van der Waals surface area contributed by atoms with Gasteiger partial charge in [-0.05, 0) is 29.3 Å². The first-order valence-corrected chi connectivity index (χ1v) is 5.60. The summed E-state index contributed by atoms with van der Waals surface area (Å²) in [5.74, 6) is -1.58. The molecular formula is C15H12O4. The third-order valence-corrected chi connectivity index (χ3v) is 2.63. The Kier molecular flexibility index (Phi) is 3.52. The molecule has 0 aromatic heterocycles. The highest BCUT2D eigenvalue weighted by molar-refractivity contribution is 6.20. The Labute approximate surface area is 109 Å². The minimum Gasteiger partial charge on any atom is -0.504 e. The van der Waals surface area contributed by atoms with Crippen LogP contribution in [-0.4, -0.2) is 21.3 Å². The van der Waals surface area contributed by atoms with Gasteiger partial charge < -0.3 is 15.3 Å². The van der Waals surface area contributed by atoms with Crippen LogP contribution in [0.1, 0.15) is 11.1 Å². The van der Waals surface area contributed by atoms with Crippen LogP contribution < -0.4 is 0 Å². The number of phenolic OH excluding ortho intramolecular Hbond substituents is 2. The Bertz CT molecular complexity index is 630. The molecule has 0 unspecified atom stereocenters. The molecule has 0 radical (unpaired) electrons. The molecule has 96 valence electrons. The van der Waals surface area contributed by atoms with Crippen molar-refractivity contribution < 1.29 is 20.1 Å². The second-order valence-electron chi connectivity index (χ2n) is 3.98. The quantitative estimate of drug-likeness (QED) is 0.448. The maximum Gasteiger partial charge on any atom is 0.336 e. The average molecular weight is 256 g/mol. The Morgan fingerprint density at radius 2 is 1.63 bits per heavy atom. The second kappa shape index (κ2) is 5.27. The Hall–Kier alpha value is -2.75. The van der Waals surface area contributed by atoms with Gasteiger partial charge in [-0.15, -0.1) is 0 Å². The van der Waals surface area contributed by atoms with Crippen molar-refractivity contribution in [2.45, 2.75) is 0 Å². The minimum atomic E-state index is -1.06. The fourth-order valence-electron chi connectivity index (χ4n) is 1.68. The van der Waals surface area contributed by atoms with Crippen LogP contribution in [-0.2, 0) is 4.79 Å². The largest absolute Gasteiger partial charge is 0.504 e. The summed E-state index contributed by atoms with van der Waals surface area (Å²) in [4.78, 5) is 11.3. The van der Waals surface area contributed by atoms with Crippen molar-refractivity contribution in [2.75, 3.05) is 0 Å². The van der Waals surface area contributed by atoms with Crippen LogP contribution in [0, 0.1) is 0 Å². The van der Waals surface area contributed by atoms with Gasteiger partial charge in [0.05, 0.1) is 5.57 Å². The molecule has 0 aliphatic rings. The standard InChI is InChI=1S/C15H12O4/c16-13-7-6-10(9-14(13)17)8-12(15(18)19)11-4-2-1-3-5-11/h1-9,16-17H,(H,18,19)/b12-8+. The summed E-state index contributed by atoms with van der Waals surface area (Å²) < 4.78 is 0. The molecule has 3 N–H and O–H groups in total. The fourth-order valence-corrected chi connectivity index (χ4v) is 1.68. The molecule has 19 heavy (non-hydrogen) atoms. The predicted molar refractivity (Wildman–Crippen MR) is 71.7 cm³/mol. The van der Waals surface area contributed by atoms with Gasteiger partial charge in [0.15, 0.2) is 11.5 Å². The predicted octanol–water partition coefficient (Wildman–Crippen LogP) is 2.72. The smallest absolute Gasteiger partial charge is 0.336 e. The summed E-state index contributed by atoms with van der Waals surface area (Å²) in [6, 6.07) is 12.8. The van der Waals surface area contributed by atoms with Crippen molar-refractivity contribution >= 4 is 17.6 Å². The zero-order chi connectivity index (χ0) is 13.8. The SMILES string of the molecule is O=C(O)/C(=C/c1ccc(O)c(O)c1)c1ccccc1. The molecule has 0 saturated carbocycles. The van der Waals surface area contributed by atoms with E-state index in [1.54, 1.807) is 30.3 Å². The summed E-state index contributed by atoms with van der Waals surface area (Å²) in [7, 11) is 0. The summed E-state index contributed by atoms with van der Waals surface area (Å²) >= 11 is 0. The maximum atomic E-state index is 11.3. The van der Waals surface area contributed by atoms with Gasteiger partial charge in [-0.2, -0.15) is 0 Å². The van der Waals surface area contributed by atoms with Crippen LogP contribution >= 0.6 is 0 Å². The van der Waals surface area contributed by atoms with Gasteiger partial charge in [0.1, 0.15) is 0 Å². The minimum absolute atomic E-state index is 0.116. The number of benzene rings is 2. The highest BCUT2D eigenvalue weighted by Crippen LogP contribution is 2.27. The van der Waals surface area contributed by atoms with Gasteiger partial charge in [0.2, 0.25) is 0 Å². The van der Waals surface area contributed by atoms with Crippen molar-refractivity contribution in [1.29, 1.82) is 0 Å². The highest BCUT2D eigenvalue weighted by Gasteiger charge is 2.10. The first-order chi connectivity index (χ1) is 9.08. The van der Waals surface area contributed by atoms with Crippen LogP contribution in [0.4, 0.5) is 0 Å². The summed E-state index contributed by atoms with van der Waals surface area (Å²) in [6.07, 6.45) is 1.44. The van der Waals surface area contributed by atoms with E-state index in [4.69, 9.17) is 0 Å². The Balaban J connectivity index is 2.47. The number of hydrogen-bond donors (Lipinski definition) is 3. The third kappa shape index (κ3) is 2.93. The number of rotatable bonds is 3. The van der Waals surface area contributed by atoms with Crippen molar-refractivity contribution in [2.24, 2.45) is 0 Å². The van der Waals surface area contributed by atoms with Gasteiger partial charge >= 0.3 is 5.97 Å². The number of aliphatic carboxylic acids is 1. The monoisotopic (exact) mass is 256 g/mol. The number of hydrogen-bond acceptors (Lipinski definition) is 3. The molecule has 2 rings (SSSR count). The molecule has 2 aromatic carbocycles. The van der Waals surface area contributed by atoms with E-state index in [1.165, 1.54) is 24.3 Å². The van der Waals surface area contributed by atoms with E-state index in [9.17, 15) is 20.1 Å². The summed E-state index contributed by atoms with van der Waals surface area (Å²) in [6.45, 7) is 0. The van der Waals surface area contributed by atoms with E-state index in [0.717, 1.165) is 0 Å². The fraction of sp³-hybridized carbons (Fsp3) is 0. The van der Waals surface area contributed by atoms with E-state index >= 15 is 0 Å². The van der Waals surface area contributed by atoms with Crippen molar-refractivity contribution in [3.8, 4) is 11.5 Å². The van der Waals surface area contributed by atoms with Gasteiger partial charge in [-0.1, -0.05) is 36.4 Å². The van der Waals surface area contributed by atoms with Crippen molar-refractivity contribution in [1.82, 2.24) is 0 Å². The Morgan fingerprint density at radius 3 is 2.21 bits per heavy atom. The molecule has 0 aliphatic heterocycles. The van der Waals surface area contributed by atoms with E-state index < -0.39 is 5.97 Å². The van der Waals surface area contributed by atoms with Gasteiger partial charge in [0, 0.05) is 0 Å². The number of carboxylic acid groups (broad SMARTS) is 1. The number of phenols is 2. The van der Waals surface area contributed by atoms with Gasteiger partial charge in [-0.3, -0.25) is 0 Å². The maximum absolute atomic E-state index is 11.3. The number of carbonyl (C=O) groups is 1. The molecular weight excluding hydrogens is 244 g/mol. The first kappa shape index (κ1) is 12.7. The molecule has 2 aromatic rings. The zero-order valence-corrected chi connectivity index (χ0v) is 9.95. The molecule has 4 nitrogen and oxygen atoms in total. The molecule has 4 heteroatoms.